The second-order valence-electron chi connectivity index (χ2n) is 7.20. The molecule has 1 aromatic heterocycles. The fourth-order valence-electron chi connectivity index (χ4n) is 3.08. The highest BCUT2D eigenvalue weighted by Crippen LogP contribution is 2.26. The first-order chi connectivity index (χ1) is 14.9. The lowest BCUT2D eigenvalue weighted by Crippen LogP contribution is -2.38. The summed E-state index contributed by atoms with van der Waals surface area (Å²) in [5.74, 6) is -1.53. The number of amides is 2. The molecule has 0 aliphatic rings. The van der Waals surface area contributed by atoms with Gasteiger partial charge in [-0.25, -0.2) is 14.0 Å². The molecule has 1 heterocycles. The summed E-state index contributed by atoms with van der Waals surface area (Å²) in [7, 11) is 1.52. The lowest BCUT2D eigenvalue weighted by atomic mass is 10.1. The van der Waals surface area contributed by atoms with E-state index in [2.05, 4.69) is 17.2 Å². The first-order valence-corrected chi connectivity index (χ1v) is 10.5. The number of aromatic nitrogens is 1. The minimum atomic E-state index is -1.02. The molecule has 2 N–H and O–H groups in total. The Bertz CT molecular complexity index is 874. The molecule has 2 amide bonds. The number of carbonyl (C=O) groups is 2. The van der Waals surface area contributed by atoms with E-state index in [9.17, 15) is 19.1 Å². The predicted molar refractivity (Wildman–Crippen MR) is 118 cm³/mol. The van der Waals surface area contributed by atoms with Crippen LogP contribution in [0.3, 0.4) is 0 Å². The number of ether oxygens (including phenoxy) is 1. The standard InChI is InChI=1S/C23H30FN3O4/c1-4-6-7-12-25-23(30)27(3)20-14-17(9-10-18(20)24)19-11-8-16(15-26-19)13-21(22(28)29)31-5-2/h8-11,14-15,21H,4-7,12-13H2,1-3H3,(H,25,30)(H,28,29). The van der Waals surface area contributed by atoms with Crippen molar-refractivity contribution in [3.05, 3.63) is 47.9 Å². The summed E-state index contributed by atoms with van der Waals surface area (Å²) in [6.45, 7) is 4.67. The largest absolute Gasteiger partial charge is 0.479 e. The molecular weight excluding hydrogens is 401 g/mol. The first kappa shape index (κ1) is 24.3. The van der Waals surface area contributed by atoms with Gasteiger partial charge in [0.15, 0.2) is 6.10 Å². The number of unbranched alkanes of at least 4 members (excludes halogenated alkanes) is 2. The Kier molecular flexibility index (Phi) is 9.40. The Balaban J connectivity index is 2.13. The first-order valence-electron chi connectivity index (χ1n) is 10.5. The van der Waals surface area contributed by atoms with E-state index in [0.29, 0.717) is 24.4 Å². The van der Waals surface area contributed by atoms with Gasteiger partial charge in [0, 0.05) is 38.4 Å². The molecule has 0 saturated heterocycles. The van der Waals surface area contributed by atoms with Crippen LogP contribution in [0.4, 0.5) is 14.9 Å². The number of benzene rings is 1. The van der Waals surface area contributed by atoms with Gasteiger partial charge in [0.05, 0.1) is 11.4 Å². The molecule has 7 nitrogen and oxygen atoms in total. The van der Waals surface area contributed by atoms with Gasteiger partial charge in [0.1, 0.15) is 5.82 Å². The summed E-state index contributed by atoms with van der Waals surface area (Å²) >= 11 is 0. The van der Waals surface area contributed by atoms with Crippen molar-refractivity contribution in [3.63, 3.8) is 0 Å². The summed E-state index contributed by atoms with van der Waals surface area (Å²) < 4.78 is 19.6. The number of carbonyl (C=O) groups excluding carboxylic acids is 1. The van der Waals surface area contributed by atoms with E-state index >= 15 is 0 Å². The summed E-state index contributed by atoms with van der Waals surface area (Å²) in [6.07, 6.45) is 3.80. The van der Waals surface area contributed by atoms with Crippen molar-refractivity contribution in [2.24, 2.45) is 0 Å². The van der Waals surface area contributed by atoms with Crippen molar-refractivity contribution in [1.82, 2.24) is 10.3 Å². The molecule has 2 rings (SSSR count). The smallest absolute Gasteiger partial charge is 0.333 e. The molecule has 0 saturated carbocycles. The Morgan fingerprint density at radius 1 is 1.23 bits per heavy atom. The molecule has 8 heteroatoms. The molecule has 0 radical (unpaired) electrons. The van der Waals surface area contributed by atoms with Crippen LogP contribution in [0.25, 0.3) is 11.3 Å². The molecule has 0 aliphatic heterocycles. The minimum absolute atomic E-state index is 0.152. The molecule has 0 fully saturated rings. The number of hydrogen-bond acceptors (Lipinski definition) is 4. The van der Waals surface area contributed by atoms with E-state index in [1.165, 1.54) is 18.0 Å². The van der Waals surface area contributed by atoms with Gasteiger partial charge in [-0.2, -0.15) is 0 Å². The zero-order valence-electron chi connectivity index (χ0n) is 18.2. The fraction of sp³-hybridized carbons (Fsp3) is 0.435. The maximum atomic E-state index is 14.4. The molecule has 31 heavy (non-hydrogen) atoms. The van der Waals surface area contributed by atoms with Gasteiger partial charge >= 0.3 is 12.0 Å². The van der Waals surface area contributed by atoms with Crippen molar-refractivity contribution in [2.45, 2.75) is 45.6 Å². The highest BCUT2D eigenvalue weighted by atomic mass is 19.1. The molecule has 0 bridgehead atoms. The van der Waals surface area contributed by atoms with Crippen molar-refractivity contribution >= 4 is 17.7 Å². The van der Waals surface area contributed by atoms with Crippen LogP contribution in [0, 0.1) is 5.82 Å². The highest BCUT2D eigenvalue weighted by Gasteiger charge is 2.19. The van der Waals surface area contributed by atoms with Crippen LogP contribution in [0.15, 0.2) is 36.5 Å². The Morgan fingerprint density at radius 3 is 2.61 bits per heavy atom. The van der Waals surface area contributed by atoms with Gasteiger partial charge in [-0.05, 0) is 43.2 Å². The molecular formula is C23H30FN3O4. The van der Waals surface area contributed by atoms with Gasteiger partial charge in [0.2, 0.25) is 0 Å². The monoisotopic (exact) mass is 431 g/mol. The topological polar surface area (TPSA) is 91.8 Å². The Hall–Kier alpha value is -3.00. The van der Waals surface area contributed by atoms with E-state index in [-0.39, 0.29) is 18.1 Å². The Morgan fingerprint density at radius 2 is 2.00 bits per heavy atom. The summed E-state index contributed by atoms with van der Waals surface area (Å²) in [5, 5.41) is 12.0. The van der Waals surface area contributed by atoms with Gasteiger partial charge in [-0.3, -0.25) is 9.88 Å². The number of anilines is 1. The number of carboxylic acid groups (broad SMARTS) is 1. The Labute approximate surface area is 182 Å². The van der Waals surface area contributed by atoms with Gasteiger partial charge in [-0.1, -0.05) is 25.8 Å². The number of pyridine rings is 1. The number of urea groups is 1. The van der Waals surface area contributed by atoms with Crippen molar-refractivity contribution in [3.8, 4) is 11.3 Å². The van der Waals surface area contributed by atoms with E-state index in [4.69, 9.17) is 4.74 Å². The minimum Gasteiger partial charge on any atom is -0.479 e. The van der Waals surface area contributed by atoms with Crippen LogP contribution >= 0.6 is 0 Å². The average Bonchev–Trinajstić information content (AvgIpc) is 2.76. The van der Waals surface area contributed by atoms with Crippen LogP contribution in [0.5, 0.6) is 0 Å². The normalized spacial score (nSPS) is 11.7. The van der Waals surface area contributed by atoms with E-state index < -0.39 is 17.9 Å². The maximum absolute atomic E-state index is 14.4. The van der Waals surface area contributed by atoms with Crippen LogP contribution < -0.4 is 10.2 Å². The molecule has 1 unspecified atom stereocenters. The second kappa shape index (κ2) is 12.0. The number of nitrogens with one attached hydrogen (secondary N) is 1. The van der Waals surface area contributed by atoms with E-state index in [1.807, 2.05) is 0 Å². The number of rotatable bonds is 11. The average molecular weight is 432 g/mol. The van der Waals surface area contributed by atoms with Crippen LogP contribution in [0.2, 0.25) is 0 Å². The summed E-state index contributed by atoms with van der Waals surface area (Å²) in [5.41, 5.74) is 2.10. The SMILES string of the molecule is CCCCCNC(=O)N(C)c1cc(-c2ccc(CC(OCC)C(=O)O)cn2)ccc1F. The third-order valence-corrected chi connectivity index (χ3v) is 4.85. The van der Waals surface area contributed by atoms with Crippen molar-refractivity contribution in [1.29, 1.82) is 0 Å². The number of carboxylic acids is 1. The summed E-state index contributed by atoms with van der Waals surface area (Å²) in [4.78, 5) is 29.2. The lowest BCUT2D eigenvalue weighted by molar-refractivity contribution is -0.149. The zero-order chi connectivity index (χ0) is 22.8. The van der Waals surface area contributed by atoms with Gasteiger partial charge in [0.25, 0.3) is 0 Å². The number of halogens is 1. The quantitative estimate of drug-likeness (QED) is 0.519. The molecule has 0 aliphatic carbocycles. The van der Waals surface area contributed by atoms with Crippen LogP contribution in [-0.2, 0) is 16.0 Å². The van der Waals surface area contributed by atoms with Crippen molar-refractivity contribution in [2.75, 3.05) is 25.1 Å². The number of aliphatic carboxylic acids is 1. The molecule has 0 spiro atoms. The van der Waals surface area contributed by atoms with Crippen LogP contribution in [0.1, 0.15) is 38.7 Å². The zero-order valence-corrected chi connectivity index (χ0v) is 18.2. The molecule has 1 aromatic carbocycles. The second-order valence-corrected chi connectivity index (χ2v) is 7.20. The van der Waals surface area contributed by atoms with E-state index in [1.54, 1.807) is 37.4 Å². The third-order valence-electron chi connectivity index (χ3n) is 4.85. The van der Waals surface area contributed by atoms with Crippen LogP contribution in [-0.4, -0.2) is 48.4 Å². The van der Waals surface area contributed by atoms with Gasteiger partial charge in [-0.15, -0.1) is 0 Å². The molecule has 168 valence electrons. The highest BCUT2D eigenvalue weighted by molar-refractivity contribution is 5.92. The lowest BCUT2D eigenvalue weighted by Gasteiger charge is -2.19. The summed E-state index contributed by atoms with van der Waals surface area (Å²) in [6, 6.07) is 7.60. The number of nitrogens with zero attached hydrogens (tertiary/aromatic N) is 2. The maximum Gasteiger partial charge on any atom is 0.333 e. The fourth-order valence-corrected chi connectivity index (χ4v) is 3.08. The molecule has 2 aromatic rings. The molecule has 1 atom stereocenters. The van der Waals surface area contributed by atoms with E-state index in [0.717, 1.165) is 24.8 Å². The third kappa shape index (κ3) is 7.03. The number of hydrogen-bond donors (Lipinski definition) is 2. The predicted octanol–water partition coefficient (Wildman–Crippen LogP) is 4.26. The van der Waals surface area contributed by atoms with Gasteiger partial charge < -0.3 is 15.2 Å². The van der Waals surface area contributed by atoms with Crippen molar-refractivity contribution < 1.29 is 23.8 Å².